The van der Waals surface area contributed by atoms with Crippen molar-refractivity contribution in [1.29, 1.82) is 0 Å². The van der Waals surface area contributed by atoms with E-state index in [1.165, 1.54) is 7.11 Å². The molecular formula is C14H25ClN2O6. The molecule has 0 radical (unpaired) electrons. The van der Waals surface area contributed by atoms with Crippen molar-refractivity contribution in [3.8, 4) is 0 Å². The Kier molecular flexibility index (Phi) is 10.1. The van der Waals surface area contributed by atoms with Crippen LogP contribution in [0.2, 0.25) is 0 Å². The first-order chi connectivity index (χ1) is 10.7. The van der Waals surface area contributed by atoms with Crippen molar-refractivity contribution in [1.82, 2.24) is 10.6 Å². The molecule has 0 aromatic heterocycles. The highest BCUT2D eigenvalue weighted by molar-refractivity contribution is 6.17. The average Bonchev–Trinajstić information content (AvgIpc) is 2.43. The number of nitrogens with one attached hydrogen (secondary N) is 2. The molecule has 134 valence electrons. The molecule has 0 bridgehead atoms. The Morgan fingerprint density at radius 1 is 1.13 bits per heavy atom. The first-order valence-electron chi connectivity index (χ1n) is 7.23. The number of alkyl carbamates (subject to hydrolysis) is 2. The number of amides is 2. The molecule has 8 nitrogen and oxygen atoms in total. The molecule has 0 heterocycles. The van der Waals surface area contributed by atoms with Crippen LogP contribution in [0.5, 0.6) is 0 Å². The number of carbonyl (C=O) groups is 3. The van der Waals surface area contributed by atoms with Crippen molar-refractivity contribution in [2.45, 2.75) is 51.7 Å². The third-order valence-electron chi connectivity index (χ3n) is 2.55. The monoisotopic (exact) mass is 352 g/mol. The Balaban J connectivity index is 4.06. The van der Waals surface area contributed by atoms with Crippen LogP contribution in [0.4, 0.5) is 9.59 Å². The number of hydrogen-bond acceptors (Lipinski definition) is 6. The van der Waals surface area contributed by atoms with Crippen LogP contribution in [0.1, 0.15) is 40.0 Å². The SMILES string of the molecule is COC(=O)C(CCCCNC(=O)OC(C)(C)C)NC(=O)OCCl. The van der Waals surface area contributed by atoms with Crippen molar-refractivity contribution in [2.24, 2.45) is 0 Å². The minimum absolute atomic E-state index is 0.306. The largest absolute Gasteiger partial charge is 0.467 e. The van der Waals surface area contributed by atoms with Crippen molar-refractivity contribution < 1.29 is 28.6 Å². The number of alkyl halides is 1. The molecule has 0 aliphatic carbocycles. The molecule has 0 aromatic carbocycles. The lowest BCUT2D eigenvalue weighted by Gasteiger charge is -2.19. The fourth-order valence-electron chi connectivity index (χ4n) is 1.60. The summed E-state index contributed by atoms with van der Waals surface area (Å²) in [7, 11) is 1.23. The fraction of sp³-hybridized carbons (Fsp3) is 0.786. The summed E-state index contributed by atoms with van der Waals surface area (Å²) in [6, 6.07) is -1.13. The van der Waals surface area contributed by atoms with E-state index in [4.69, 9.17) is 16.3 Å². The second-order valence-corrected chi connectivity index (χ2v) is 5.90. The Morgan fingerprint density at radius 3 is 2.30 bits per heavy atom. The van der Waals surface area contributed by atoms with E-state index in [0.717, 1.165) is 0 Å². The fourth-order valence-corrected chi connectivity index (χ4v) is 1.70. The zero-order chi connectivity index (χ0) is 17.9. The van der Waals surface area contributed by atoms with E-state index in [2.05, 4.69) is 20.1 Å². The minimum atomic E-state index is -0.822. The van der Waals surface area contributed by atoms with E-state index < -0.39 is 29.8 Å². The highest BCUT2D eigenvalue weighted by atomic mass is 35.5. The highest BCUT2D eigenvalue weighted by Crippen LogP contribution is 2.07. The van der Waals surface area contributed by atoms with Crippen molar-refractivity contribution in [3.05, 3.63) is 0 Å². The van der Waals surface area contributed by atoms with Gasteiger partial charge >= 0.3 is 18.2 Å². The van der Waals surface area contributed by atoms with Gasteiger partial charge in [0.2, 0.25) is 0 Å². The van der Waals surface area contributed by atoms with Crippen LogP contribution in [0.3, 0.4) is 0 Å². The standard InChI is InChI=1S/C14H25ClN2O6/c1-14(2,3)23-12(19)16-8-6-5-7-10(11(18)21-4)17-13(20)22-9-15/h10H,5-9H2,1-4H3,(H,16,19)(H,17,20). The number of rotatable bonds is 8. The molecule has 0 saturated carbocycles. The Labute approximate surface area is 141 Å². The van der Waals surface area contributed by atoms with E-state index in [0.29, 0.717) is 25.8 Å². The number of ether oxygens (including phenoxy) is 3. The predicted molar refractivity (Wildman–Crippen MR) is 84.2 cm³/mol. The maximum absolute atomic E-state index is 11.6. The molecule has 0 aliphatic heterocycles. The van der Waals surface area contributed by atoms with Gasteiger partial charge in [0.15, 0.2) is 6.07 Å². The number of carbonyl (C=O) groups excluding carboxylic acids is 3. The van der Waals surface area contributed by atoms with Crippen LogP contribution in [-0.2, 0) is 19.0 Å². The van der Waals surface area contributed by atoms with E-state index in [9.17, 15) is 14.4 Å². The topological polar surface area (TPSA) is 103 Å². The summed E-state index contributed by atoms with van der Waals surface area (Å²) >= 11 is 5.26. The molecule has 0 aliphatic rings. The number of esters is 1. The Hall–Kier alpha value is -1.70. The first-order valence-corrected chi connectivity index (χ1v) is 7.77. The summed E-state index contributed by atoms with van der Waals surface area (Å²) < 4.78 is 14.2. The molecule has 1 unspecified atom stereocenters. The molecule has 2 N–H and O–H groups in total. The van der Waals surface area contributed by atoms with Gasteiger partial charge in [-0.1, -0.05) is 11.6 Å². The van der Waals surface area contributed by atoms with Crippen LogP contribution in [0, 0.1) is 0 Å². The average molecular weight is 353 g/mol. The summed E-state index contributed by atoms with van der Waals surface area (Å²) in [6.07, 6.45) is 0.253. The molecule has 9 heteroatoms. The molecule has 23 heavy (non-hydrogen) atoms. The summed E-state index contributed by atoms with van der Waals surface area (Å²) in [6.45, 7) is 5.73. The molecule has 1 atom stereocenters. The Morgan fingerprint density at radius 2 is 1.78 bits per heavy atom. The quantitative estimate of drug-likeness (QED) is 0.300. The zero-order valence-electron chi connectivity index (χ0n) is 13.9. The van der Waals surface area contributed by atoms with Gasteiger partial charge in [-0.15, -0.1) is 0 Å². The van der Waals surface area contributed by atoms with Crippen molar-refractivity contribution in [2.75, 3.05) is 19.7 Å². The van der Waals surface area contributed by atoms with Gasteiger partial charge in [0.25, 0.3) is 0 Å². The first kappa shape index (κ1) is 21.3. The summed E-state index contributed by atoms with van der Waals surface area (Å²) in [5.74, 6) is -0.573. The van der Waals surface area contributed by atoms with Crippen molar-refractivity contribution >= 4 is 29.8 Å². The van der Waals surface area contributed by atoms with E-state index >= 15 is 0 Å². The van der Waals surface area contributed by atoms with Gasteiger partial charge in [0, 0.05) is 6.54 Å². The number of halogens is 1. The molecule has 0 aromatic rings. The lowest BCUT2D eigenvalue weighted by Crippen LogP contribution is -2.41. The van der Waals surface area contributed by atoms with Crippen molar-refractivity contribution in [3.63, 3.8) is 0 Å². The lowest BCUT2D eigenvalue weighted by molar-refractivity contribution is -0.143. The number of unbranched alkanes of at least 4 members (excludes halogenated alkanes) is 1. The second kappa shape index (κ2) is 10.9. The summed E-state index contributed by atoms with van der Waals surface area (Å²) in [5, 5.41) is 4.98. The molecule has 0 saturated heterocycles. The maximum atomic E-state index is 11.6. The third kappa shape index (κ3) is 11.5. The highest BCUT2D eigenvalue weighted by Gasteiger charge is 2.21. The van der Waals surface area contributed by atoms with E-state index in [1.54, 1.807) is 20.8 Å². The van der Waals surface area contributed by atoms with Crippen LogP contribution < -0.4 is 10.6 Å². The Bertz CT molecular complexity index is 397. The molecule has 0 rings (SSSR count). The van der Waals surface area contributed by atoms with Crippen LogP contribution >= 0.6 is 11.6 Å². The van der Waals surface area contributed by atoms with Gasteiger partial charge < -0.3 is 24.8 Å². The molecular weight excluding hydrogens is 328 g/mol. The second-order valence-electron chi connectivity index (χ2n) is 5.69. The molecule has 0 fully saturated rings. The predicted octanol–water partition coefficient (Wildman–Crippen LogP) is 2.15. The van der Waals surface area contributed by atoms with E-state index in [-0.39, 0.29) is 6.07 Å². The normalized spacial score (nSPS) is 12.0. The lowest BCUT2D eigenvalue weighted by atomic mass is 10.1. The van der Waals surface area contributed by atoms with Gasteiger partial charge in [-0.25, -0.2) is 14.4 Å². The van der Waals surface area contributed by atoms with Gasteiger partial charge in [-0.2, -0.15) is 0 Å². The minimum Gasteiger partial charge on any atom is -0.467 e. The summed E-state index contributed by atoms with van der Waals surface area (Å²) in [5.41, 5.74) is -0.549. The van der Waals surface area contributed by atoms with Gasteiger partial charge in [-0.3, -0.25) is 0 Å². The zero-order valence-corrected chi connectivity index (χ0v) is 14.7. The number of methoxy groups -OCH3 is 1. The maximum Gasteiger partial charge on any atom is 0.409 e. The molecule has 0 spiro atoms. The number of hydrogen-bond donors (Lipinski definition) is 2. The summed E-state index contributed by atoms with van der Waals surface area (Å²) in [4.78, 5) is 34.3. The van der Waals surface area contributed by atoms with Crippen LogP contribution in [0.25, 0.3) is 0 Å². The van der Waals surface area contributed by atoms with Crippen LogP contribution in [0.15, 0.2) is 0 Å². The van der Waals surface area contributed by atoms with Gasteiger partial charge in [-0.05, 0) is 40.0 Å². The molecule has 2 amide bonds. The van der Waals surface area contributed by atoms with E-state index in [1.807, 2.05) is 0 Å². The smallest absolute Gasteiger partial charge is 0.409 e. The van der Waals surface area contributed by atoms with Gasteiger partial charge in [0.1, 0.15) is 11.6 Å². The van der Waals surface area contributed by atoms with Crippen LogP contribution in [-0.4, -0.2) is 49.5 Å². The third-order valence-corrected chi connectivity index (χ3v) is 2.66. The van der Waals surface area contributed by atoms with Gasteiger partial charge in [0.05, 0.1) is 7.11 Å².